The molecule has 0 atom stereocenters. The smallest absolute Gasteiger partial charge is 0.222 e. The lowest BCUT2D eigenvalue weighted by Crippen LogP contribution is -2.32. The quantitative estimate of drug-likeness (QED) is 0.668. The van der Waals surface area contributed by atoms with E-state index in [-0.39, 0.29) is 16.8 Å². The van der Waals surface area contributed by atoms with Gasteiger partial charge in [0.05, 0.1) is 5.69 Å². The summed E-state index contributed by atoms with van der Waals surface area (Å²) in [5, 5.41) is 5.85. The van der Waals surface area contributed by atoms with Crippen LogP contribution in [-0.4, -0.2) is 16.8 Å². The number of anilines is 1. The Morgan fingerprint density at radius 3 is 2.41 bits per heavy atom. The summed E-state index contributed by atoms with van der Waals surface area (Å²) in [7, 11) is 0. The van der Waals surface area contributed by atoms with E-state index in [1.807, 2.05) is 6.07 Å². The first-order valence-electron chi connectivity index (χ1n) is 6.45. The fourth-order valence-corrected chi connectivity index (χ4v) is 2.30. The normalized spacial score (nSPS) is 9.91. The topological polar surface area (TPSA) is 58.2 Å². The predicted octanol–water partition coefficient (Wildman–Crippen LogP) is 3.40. The SMILES string of the molecule is CC(=O)NC(=S)Nc1ccc(Cl)cc1C(=O)c1ccccc1. The van der Waals surface area contributed by atoms with Crippen LogP contribution in [0.1, 0.15) is 22.8 Å². The first-order chi connectivity index (χ1) is 10.5. The van der Waals surface area contributed by atoms with Crippen LogP contribution in [-0.2, 0) is 4.79 Å². The molecule has 0 aliphatic rings. The highest BCUT2D eigenvalue weighted by Crippen LogP contribution is 2.23. The summed E-state index contributed by atoms with van der Waals surface area (Å²) < 4.78 is 0. The van der Waals surface area contributed by atoms with Crippen molar-refractivity contribution in [3.63, 3.8) is 0 Å². The zero-order valence-corrected chi connectivity index (χ0v) is 13.3. The van der Waals surface area contributed by atoms with Crippen LogP contribution in [0.4, 0.5) is 5.69 Å². The van der Waals surface area contributed by atoms with Gasteiger partial charge in [-0.1, -0.05) is 41.9 Å². The van der Waals surface area contributed by atoms with Crippen LogP contribution in [0.2, 0.25) is 5.02 Å². The summed E-state index contributed by atoms with van der Waals surface area (Å²) in [4.78, 5) is 23.6. The van der Waals surface area contributed by atoms with Crippen molar-refractivity contribution < 1.29 is 9.59 Å². The predicted molar refractivity (Wildman–Crippen MR) is 91.4 cm³/mol. The van der Waals surface area contributed by atoms with Gasteiger partial charge in [-0.15, -0.1) is 0 Å². The molecule has 0 radical (unpaired) electrons. The number of hydrogen-bond donors (Lipinski definition) is 2. The van der Waals surface area contributed by atoms with E-state index in [0.29, 0.717) is 21.8 Å². The first-order valence-corrected chi connectivity index (χ1v) is 7.24. The monoisotopic (exact) mass is 332 g/mol. The van der Waals surface area contributed by atoms with Crippen molar-refractivity contribution in [3.05, 3.63) is 64.7 Å². The molecule has 0 fully saturated rings. The van der Waals surface area contributed by atoms with Crippen molar-refractivity contribution >= 4 is 46.3 Å². The van der Waals surface area contributed by atoms with Crippen molar-refractivity contribution in [1.82, 2.24) is 5.32 Å². The van der Waals surface area contributed by atoms with Crippen molar-refractivity contribution in [2.75, 3.05) is 5.32 Å². The molecule has 0 bridgehead atoms. The van der Waals surface area contributed by atoms with Gasteiger partial charge in [-0.3, -0.25) is 9.59 Å². The summed E-state index contributed by atoms with van der Waals surface area (Å²) in [5.41, 5.74) is 1.40. The Hall–Kier alpha value is -2.24. The molecule has 2 rings (SSSR count). The minimum atomic E-state index is -0.289. The van der Waals surface area contributed by atoms with Gasteiger partial charge in [0, 0.05) is 23.1 Å². The minimum Gasteiger partial charge on any atom is -0.332 e. The molecule has 1 amide bonds. The van der Waals surface area contributed by atoms with Crippen molar-refractivity contribution in [3.8, 4) is 0 Å². The van der Waals surface area contributed by atoms with Crippen molar-refractivity contribution in [1.29, 1.82) is 0 Å². The van der Waals surface area contributed by atoms with Gasteiger partial charge in [-0.25, -0.2) is 0 Å². The Labute approximate surface area is 138 Å². The van der Waals surface area contributed by atoms with Gasteiger partial charge < -0.3 is 10.6 Å². The lowest BCUT2D eigenvalue weighted by Gasteiger charge is -2.13. The highest BCUT2D eigenvalue weighted by Gasteiger charge is 2.15. The third-order valence-corrected chi connectivity index (χ3v) is 3.24. The first kappa shape index (κ1) is 16.1. The zero-order chi connectivity index (χ0) is 16.1. The lowest BCUT2D eigenvalue weighted by atomic mass is 10.0. The third kappa shape index (κ3) is 4.13. The molecule has 112 valence electrons. The molecule has 0 aliphatic heterocycles. The molecule has 0 aliphatic carbocycles. The number of hydrogen-bond acceptors (Lipinski definition) is 3. The summed E-state index contributed by atoms with van der Waals surface area (Å²) in [6, 6.07) is 13.7. The molecule has 2 aromatic rings. The van der Waals surface area contributed by atoms with E-state index in [0.717, 1.165) is 0 Å². The van der Waals surface area contributed by atoms with Crippen LogP contribution in [0.25, 0.3) is 0 Å². The molecular formula is C16H13ClN2O2S. The average Bonchev–Trinajstić information content (AvgIpc) is 2.48. The molecule has 22 heavy (non-hydrogen) atoms. The third-order valence-electron chi connectivity index (χ3n) is 2.80. The molecule has 2 N–H and O–H groups in total. The number of thiocarbonyl (C=S) groups is 1. The Morgan fingerprint density at radius 2 is 1.77 bits per heavy atom. The van der Waals surface area contributed by atoms with Crippen molar-refractivity contribution in [2.24, 2.45) is 0 Å². The molecule has 0 aromatic heterocycles. The van der Waals surface area contributed by atoms with Gasteiger partial charge in [0.1, 0.15) is 0 Å². The largest absolute Gasteiger partial charge is 0.332 e. The van der Waals surface area contributed by atoms with Gasteiger partial charge in [0.15, 0.2) is 10.9 Å². The zero-order valence-electron chi connectivity index (χ0n) is 11.7. The van der Waals surface area contributed by atoms with Crippen LogP contribution in [0.3, 0.4) is 0 Å². The second-order valence-corrected chi connectivity index (χ2v) is 5.37. The number of ketones is 1. The van der Waals surface area contributed by atoms with Crippen LogP contribution >= 0.6 is 23.8 Å². The Bertz CT molecular complexity index is 732. The summed E-state index contributed by atoms with van der Waals surface area (Å²) in [6.07, 6.45) is 0. The Kier molecular flexibility index (Phi) is 5.25. The van der Waals surface area contributed by atoms with Gasteiger partial charge >= 0.3 is 0 Å². The van der Waals surface area contributed by atoms with E-state index in [4.69, 9.17) is 23.8 Å². The Balaban J connectivity index is 2.34. The van der Waals surface area contributed by atoms with Crippen LogP contribution in [0, 0.1) is 0 Å². The molecule has 0 unspecified atom stereocenters. The summed E-state index contributed by atoms with van der Waals surface area (Å²) in [5.74, 6) is -0.473. The second-order valence-electron chi connectivity index (χ2n) is 4.52. The van der Waals surface area contributed by atoms with Gasteiger partial charge in [0.25, 0.3) is 0 Å². The highest BCUT2D eigenvalue weighted by atomic mass is 35.5. The number of carbonyl (C=O) groups is 2. The standard InChI is InChI=1S/C16H13ClN2O2S/c1-10(20)18-16(22)19-14-8-7-12(17)9-13(14)15(21)11-5-3-2-4-6-11/h2-9H,1H3,(H2,18,19,20,22). The van der Waals surface area contributed by atoms with E-state index >= 15 is 0 Å². The van der Waals surface area contributed by atoms with E-state index in [9.17, 15) is 9.59 Å². The van der Waals surface area contributed by atoms with Crippen LogP contribution in [0.5, 0.6) is 0 Å². The number of nitrogens with one attached hydrogen (secondary N) is 2. The molecular weight excluding hydrogens is 320 g/mol. The second kappa shape index (κ2) is 7.15. The highest BCUT2D eigenvalue weighted by molar-refractivity contribution is 7.80. The molecule has 4 nitrogen and oxygen atoms in total. The number of carbonyl (C=O) groups excluding carboxylic acids is 2. The van der Waals surface area contributed by atoms with Crippen molar-refractivity contribution in [2.45, 2.75) is 6.92 Å². The summed E-state index contributed by atoms with van der Waals surface area (Å²) >= 11 is 11.0. The lowest BCUT2D eigenvalue weighted by molar-refractivity contribution is -0.117. The number of amides is 1. The van der Waals surface area contributed by atoms with Gasteiger partial charge in [0.2, 0.25) is 5.91 Å². The molecule has 0 heterocycles. The minimum absolute atomic E-state index is 0.122. The van der Waals surface area contributed by atoms with E-state index < -0.39 is 0 Å². The summed E-state index contributed by atoms with van der Waals surface area (Å²) in [6.45, 7) is 1.35. The average molecular weight is 333 g/mol. The maximum atomic E-state index is 12.6. The van der Waals surface area contributed by atoms with E-state index in [1.54, 1.807) is 42.5 Å². The maximum absolute atomic E-state index is 12.6. The van der Waals surface area contributed by atoms with Crippen LogP contribution in [0.15, 0.2) is 48.5 Å². The number of rotatable bonds is 3. The maximum Gasteiger partial charge on any atom is 0.222 e. The van der Waals surface area contributed by atoms with Gasteiger partial charge in [-0.05, 0) is 30.4 Å². The van der Waals surface area contributed by atoms with Crippen LogP contribution < -0.4 is 10.6 Å². The molecule has 0 saturated carbocycles. The fraction of sp³-hybridized carbons (Fsp3) is 0.0625. The van der Waals surface area contributed by atoms with E-state index in [1.165, 1.54) is 6.92 Å². The molecule has 2 aromatic carbocycles. The van der Waals surface area contributed by atoms with E-state index in [2.05, 4.69) is 10.6 Å². The fourth-order valence-electron chi connectivity index (χ4n) is 1.87. The van der Waals surface area contributed by atoms with Gasteiger partial charge in [-0.2, -0.15) is 0 Å². The number of benzene rings is 2. The molecule has 0 saturated heterocycles. The number of halogens is 1. The Morgan fingerprint density at radius 1 is 1.09 bits per heavy atom. The molecule has 0 spiro atoms. The molecule has 6 heteroatoms.